The molecule has 0 nitrogen and oxygen atoms in total. The molecule has 0 rings (SSSR count). The van der Waals surface area contributed by atoms with Gasteiger partial charge in [0.2, 0.25) is 0 Å². The molecule has 0 saturated carbocycles. The normalized spacial score (nSPS) is 13.0. The molecule has 4 heteroatoms. The Morgan fingerprint density at radius 1 is 1.38 bits per heavy atom. The standard InChI is InChI=1S/C4H7BF3/c1-2-3-4-5(6,7)8/h3-4H,2H2,1H3/q-1. The first-order valence-corrected chi connectivity index (χ1v) is 2.44. The van der Waals surface area contributed by atoms with Crippen LogP contribution in [0.5, 0.6) is 0 Å². The van der Waals surface area contributed by atoms with Gasteiger partial charge in [0.15, 0.2) is 0 Å². The van der Waals surface area contributed by atoms with E-state index in [1.54, 1.807) is 6.92 Å². The quantitative estimate of drug-likeness (QED) is 0.494. The number of rotatable bonds is 2. The van der Waals surface area contributed by atoms with Crippen LogP contribution in [0, 0.1) is 0 Å². The minimum Gasteiger partial charge on any atom is -0.445 e. The van der Waals surface area contributed by atoms with Gasteiger partial charge in [-0.3, -0.25) is 0 Å². The second-order valence-electron chi connectivity index (χ2n) is 1.46. The molecule has 0 heterocycles. The molecule has 0 aromatic rings. The number of hydrogen-bond acceptors (Lipinski definition) is 0. The largest absolute Gasteiger partial charge is 0.502 e. The van der Waals surface area contributed by atoms with E-state index in [1.807, 2.05) is 0 Å². The molecule has 0 saturated heterocycles. The van der Waals surface area contributed by atoms with Gasteiger partial charge in [-0.25, -0.2) is 0 Å². The highest BCUT2D eigenvalue weighted by molar-refractivity contribution is 6.64. The van der Waals surface area contributed by atoms with Crippen molar-refractivity contribution in [3.63, 3.8) is 0 Å². The van der Waals surface area contributed by atoms with Crippen LogP contribution in [0.2, 0.25) is 0 Å². The van der Waals surface area contributed by atoms with E-state index in [4.69, 9.17) is 0 Å². The molecule has 0 aromatic heterocycles. The Morgan fingerprint density at radius 3 is 2.00 bits per heavy atom. The zero-order valence-corrected chi connectivity index (χ0v) is 4.57. The maximum atomic E-state index is 11.2. The van der Waals surface area contributed by atoms with Crippen LogP contribution in [0.1, 0.15) is 13.3 Å². The number of allylic oxidation sites excluding steroid dienone is 1. The third-order valence-electron chi connectivity index (χ3n) is 0.590. The van der Waals surface area contributed by atoms with E-state index in [-0.39, 0.29) is 0 Å². The van der Waals surface area contributed by atoms with E-state index < -0.39 is 6.98 Å². The first-order valence-electron chi connectivity index (χ1n) is 2.44. The summed E-state index contributed by atoms with van der Waals surface area (Å²) < 4.78 is 33.7. The lowest BCUT2D eigenvalue weighted by atomic mass is 9.91. The van der Waals surface area contributed by atoms with Crippen molar-refractivity contribution in [3.05, 3.63) is 12.1 Å². The summed E-state index contributed by atoms with van der Waals surface area (Å²) in [5.41, 5.74) is 0. The molecule has 0 radical (unpaired) electrons. The van der Waals surface area contributed by atoms with Gasteiger partial charge < -0.3 is 12.9 Å². The molecule has 0 spiro atoms. The maximum absolute atomic E-state index is 11.2. The molecular formula is C4H7BF3-. The molecule has 0 fully saturated rings. The predicted molar refractivity (Wildman–Crippen MR) is 28.5 cm³/mol. The Labute approximate surface area is 46.4 Å². The van der Waals surface area contributed by atoms with Crippen molar-refractivity contribution in [2.45, 2.75) is 13.3 Å². The predicted octanol–water partition coefficient (Wildman–Crippen LogP) is 2.34. The van der Waals surface area contributed by atoms with E-state index in [0.29, 0.717) is 12.4 Å². The monoisotopic (exact) mass is 123 g/mol. The molecule has 0 aliphatic carbocycles. The first-order chi connectivity index (χ1) is 3.56. The van der Waals surface area contributed by atoms with Gasteiger partial charge in [-0.1, -0.05) is 6.92 Å². The van der Waals surface area contributed by atoms with Crippen LogP contribution in [0.4, 0.5) is 12.9 Å². The molecular weight excluding hydrogens is 116 g/mol. The maximum Gasteiger partial charge on any atom is 0.502 e. The molecule has 0 aliphatic heterocycles. The summed E-state index contributed by atoms with van der Waals surface area (Å²) in [6.07, 6.45) is 1.56. The van der Waals surface area contributed by atoms with Gasteiger partial charge in [-0.2, -0.15) is 0 Å². The highest BCUT2D eigenvalue weighted by atomic mass is 19.4. The summed E-state index contributed by atoms with van der Waals surface area (Å²) in [6.45, 7) is -3.02. The van der Waals surface area contributed by atoms with Gasteiger partial charge in [-0.15, -0.1) is 12.1 Å². The van der Waals surface area contributed by atoms with Crippen molar-refractivity contribution in [2.24, 2.45) is 0 Å². The smallest absolute Gasteiger partial charge is 0.445 e. The Morgan fingerprint density at radius 2 is 1.88 bits per heavy atom. The Kier molecular flexibility index (Phi) is 2.65. The fourth-order valence-electron chi connectivity index (χ4n) is 0.290. The van der Waals surface area contributed by atoms with E-state index in [2.05, 4.69) is 0 Å². The van der Waals surface area contributed by atoms with Crippen molar-refractivity contribution in [2.75, 3.05) is 0 Å². The summed E-state index contributed by atoms with van der Waals surface area (Å²) in [5, 5.41) is 0. The van der Waals surface area contributed by atoms with E-state index in [1.165, 1.54) is 0 Å². The topological polar surface area (TPSA) is 0 Å². The number of hydrogen-bond donors (Lipinski definition) is 0. The number of halogens is 3. The summed E-state index contributed by atoms with van der Waals surface area (Å²) in [7, 11) is 0. The van der Waals surface area contributed by atoms with Crippen molar-refractivity contribution in [1.82, 2.24) is 0 Å². The van der Waals surface area contributed by atoms with Gasteiger partial charge in [0.05, 0.1) is 0 Å². The molecule has 0 atom stereocenters. The van der Waals surface area contributed by atoms with Crippen molar-refractivity contribution in [3.8, 4) is 0 Å². The minimum atomic E-state index is -4.68. The van der Waals surface area contributed by atoms with Gasteiger partial charge in [-0.05, 0) is 6.42 Å². The Hall–Kier alpha value is -0.405. The van der Waals surface area contributed by atoms with Gasteiger partial charge in [0.25, 0.3) is 0 Å². The van der Waals surface area contributed by atoms with E-state index in [0.717, 1.165) is 6.08 Å². The van der Waals surface area contributed by atoms with Crippen molar-refractivity contribution < 1.29 is 12.9 Å². The molecule has 48 valence electrons. The zero-order chi connectivity index (χ0) is 6.62. The SMILES string of the molecule is CCC=C[B-](F)(F)F. The van der Waals surface area contributed by atoms with Gasteiger partial charge in [0, 0.05) is 0 Å². The summed E-state index contributed by atoms with van der Waals surface area (Å²) >= 11 is 0. The molecule has 0 unspecified atom stereocenters. The molecule has 0 amide bonds. The van der Waals surface area contributed by atoms with Crippen LogP contribution < -0.4 is 0 Å². The second-order valence-corrected chi connectivity index (χ2v) is 1.46. The highest BCUT2D eigenvalue weighted by Gasteiger charge is 2.16. The third kappa shape index (κ3) is 5.59. The lowest BCUT2D eigenvalue weighted by Crippen LogP contribution is -2.09. The minimum absolute atomic E-state index is 0.306. The van der Waals surface area contributed by atoms with Crippen molar-refractivity contribution >= 4 is 6.98 Å². The Balaban J connectivity index is 3.52. The third-order valence-corrected chi connectivity index (χ3v) is 0.590. The lowest BCUT2D eigenvalue weighted by molar-refractivity contribution is 0.498. The van der Waals surface area contributed by atoms with E-state index >= 15 is 0 Å². The molecule has 0 N–H and O–H groups in total. The molecule has 0 aliphatic rings. The summed E-state index contributed by atoms with van der Waals surface area (Å²) in [6, 6.07) is 0. The van der Waals surface area contributed by atoms with Crippen LogP contribution in [-0.4, -0.2) is 6.98 Å². The summed E-state index contributed by atoms with van der Waals surface area (Å²) in [4.78, 5) is 0. The summed E-state index contributed by atoms with van der Waals surface area (Å²) in [5.74, 6) is 0.306. The van der Waals surface area contributed by atoms with Crippen molar-refractivity contribution in [1.29, 1.82) is 0 Å². The fraction of sp³-hybridized carbons (Fsp3) is 0.500. The average Bonchev–Trinajstić information content (AvgIpc) is 1.59. The highest BCUT2D eigenvalue weighted by Crippen LogP contribution is 2.09. The van der Waals surface area contributed by atoms with Crippen LogP contribution in [-0.2, 0) is 0 Å². The van der Waals surface area contributed by atoms with Crippen LogP contribution >= 0.6 is 0 Å². The lowest BCUT2D eigenvalue weighted by Gasteiger charge is -2.04. The molecule has 8 heavy (non-hydrogen) atoms. The van der Waals surface area contributed by atoms with Gasteiger partial charge in [0.1, 0.15) is 0 Å². The van der Waals surface area contributed by atoms with Crippen LogP contribution in [0.25, 0.3) is 0 Å². The molecule has 0 aromatic carbocycles. The Bertz CT molecular complexity index is 83.8. The second kappa shape index (κ2) is 2.79. The van der Waals surface area contributed by atoms with Crippen LogP contribution in [0.15, 0.2) is 12.1 Å². The fourth-order valence-corrected chi connectivity index (χ4v) is 0.290. The first kappa shape index (κ1) is 7.59. The molecule has 0 bridgehead atoms. The van der Waals surface area contributed by atoms with Crippen LogP contribution in [0.3, 0.4) is 0 Å². The van der Waals surface area contributed by atoms with Gasteiger partial charge >= 0.3 is 6.98 Å². The zero-order valence-electron chi connectivity index (χ0n) is 4.57. The van der Waals surface area contributed by atoms with E-state index in [9.17, 15) is 12.9 Å². The average molecular weight is 123 g/mol.